The molecule has 1 saturated heterocycles. The first-order valence-corrected chi connectivity index (χ1v) is 7.24. The third-order valence-electron chi connectivity index (χ3n) is 3.24. The number of aryl methyl sites for hydroxylation is 1. The average Bonchev–Trinajstić information content (AvgIpc) is 2.72. The Labute approximate surface area is 119 Å². The molecule has 1 aliphatic rings. The SMILES string of the molecule is Cc1cc2c(N3CCNC(=O)C3C)nc(Cl)nc2s1. The predicted octanol–water partition coefficient (Wildman–Crippen LogP) is 1.98. The largest absolute Gasteiger partial charge is 0.353 e. The fourth-order valence-electron chi connectivity index (χ4n) is 2.29. The van der Waals surface area contributed by atoms with Gasteiger partial charge in [0.1, 0.15) is 16.7 Å². The van der Waals surface area contributed by atoms with Gasteiger partial charge in [-0.15, -0.1) is 11.3 Å². The molecule has 1 aliphatic heterocycles. The van der Waals surface area contributed by atoms with Gasteiger partial charge in [0.25, 0.3) is 0 Å². The number of carbonyl (C=O) groups excluding carboxylic acids is 1. The number of nitrogens with one attached hydrogen (secondary N) is 1. The Hall–Kier alpha value is -1.40. The molecule has 2 aromatic rings. The van der Waals surface area contributed by atoms with Crippen molar-refractivity contribution < 1.29 is 4.79 Å². The first kappa shape index (κ1) is 12.6. The Morgan fingerprint density at radius 1 is 1.53 bits per heavy atom. The van der Waals surface area contributed by atoms with Gasteiger partial charge in [-0.25, -0.2) is 4.98 Å². The summed E-state index contributed by atoms with van der Waals surface area (Å²) in [4.78, 5) is 24.4. The fourth-order valence-corrected chi connectivity index (χ4v) is 3.38. The molecule has 7 heteroatoms. The van der Waals surface area contributed by atoms with E-state index in [2.05, 4.69) is 15.3 Å². The summed E-state index contributed by atoms with van der Waals surface area (Å²) in [7, 11) is 0. The highest BCUT2D eigenvalue weighted by Gasteiger charge is 2.28. The lowest BCUT2D eigenvalue weighted by molar-refractivity contribution is -0.122. The lowest BCUT2D eigenvalue weighted by Gasteiger charge is -2.34. The normalized spacial score (nSPS) is 19.8. The van der Waals surface area contributed by atoms with E-state index < -0.39 is 0 Å². The highest BCUT2D eigenvalue weighted by Crippen LogP contribution is 2.32. The van der Waals surface area contributed by atoms with E-state index in [1.807, 2.05) is 24.8 Å². The summed E-state index contributed by atoms with van der Waals surface area (Å²) in [6.07, 6.45) is 0. The minimum absolute atomic E-state index is 0.0149. The third kappa shape index (κ3) is 2.15. The maximum absolute atomic E-state index is 11.8. The van der Waals surface area contributed by atoms with Crippen LogP contribution >= 0.6 is 22.9 Å². The zero-order chi connectivity index (χ0) is 13.6. The van der Waals surface area contributed by atoms with Gasteiger partial charge >= 0.3 is 0 Å². The first-order valence-electron chi connectivity index (χ1n) is 6.04. The second-order valence-electron chi connectivity index (χ2n) is 4.55. The van der Waals surface area contributed by atoms with Crippen LogP contribution in [0.3, 0.4) is 0 Å². The Bertz CT molecular complexity index is 656. The number of aromatic nitrogens is 2. The van der Waals surface area contributed by atoms with Gasteiger partial charge in [-0.1, -0.05) is 0 Å². The van der Waals surface area contributed by atoms with E-state index in [0.717, 1.165) is 27.5 Å². The molecular formula is C12H13ClN4OS. The third-order valence-corrected chi connectivity index (χ3v) is 4.35. The minimum atomic E-state index is -0.247. The van der Waals surface area contributed by atoms with Gasteiger partial charge in [-0.3, -0.25) is 4.79 Å². The molecule has 2 aromatic heterocycles. The maximum atomic E-state index is 11.8. The summed E-state index contributed by atoms with van der Waals surface area (Å²) in [5, 5.41) is 4.04. The number of anilines is 1. The summed E-state index contributed by atoms with van der Waals surface area (Å²) in [5.41, 5.74) is 0. The molecule has 100 valence electrons. The highest BCUT2D eigenvalue weighted by atomic mass is 35.5. The number of hydrogen-bond donors (Lipinski definition) is 1. The second kappa shape index (κ2) is 4.61. The fraction of sp³-hybridized carbons (Fsp3) is 0.417. The molecule has 19 heavy (non-hydrogen) atoms. The van der Waals surface area contributed by atoms with E-state index in [1.54, 1.807) is 11.3 Å². The highest BCUT2D eigenvalue weighted by molar-refractivity contribution is 7.18. The first-order chi connectivity index (χ1) is 9.06. The molecule has 1 fully saturated rings. The van der Waals surface area contributed by atoms with Crippen LogP contribution in [-0.2, 0) is 4.79 Å². The Balaban J connectivity index is 2.15. The average molecular weight is 297 g/mol. The van der Waals surface area contributed by atoms with Gasteiger partial charge in [0.15, 0.2) is 0 Å². The number of amides is 1. The van der Waals surface area contributed by atoms with Crippen LogP contribution in [0.4, 0.5) is 5.82 Å². The van der Waals surface area contributed by atoms with Crippen molar-refractivity contribution >= 4 is 44.9 Å². The van der Waals surface area contributed by atoms with Crippen LogP contribution in [0.2, 0.25) is 5.28 Å². The van der Waals surface area contributed by atoms with E-state index in [4.69, 9.17) is 11.6 Å². The Kier molecular flexibility index (Phi) is 3.06. The van der Waals surface area contributed by atoms with Crippen molar-refractivity contribution in [3.05, 3.63) is 16.2 Å². The smallest absolute Gasteiger partial charge is 0.242 e. The van der Waals surface area contributed by atoms with Crippen LogP contribution < -0.4 is 10.2 Å². The topological polar surface area (TPSA) is 58.1 Å². The molecule has 1 atom stereocenters. The van der Waals surface area contributed by atoms with Crippen LogP contribution in [0.1, 0.15) is 11.8 Å². The van der Waals surface area contributed by atoms with Crippen molar-refractivity contribution in [2.45, 2.75) is 19.9 Å². The van der Waals surface area contributed by atoms with E-state index >= 15 is 0 Å². The van der Waals surface area contributed by atoms with Gasteiger partial charge in [0.05, 0.1) is 5.39 Å². The minimum Gasteiger partial charge on any atom is -0.353 e. The quantitative estimate of drug-likeness (QED) is 0.818. The standard InChI is InChI=1S/C12H13ClN4OS/c1-6-5-8-9(15-12(13)16-11(8)19-6)17-4-3-14-10(18)7(17)2/h5,7H,3-4H2,1-2H3,(H,14,18). The van der Waals surface area contributed by atoms with Crippen LogP contribution in [0, 0.1) is 6.92 Å². The van der Waals surface area contributed by atoms with E-state index in [-0.39, 0.29) is 17.2 Å². The second-order valence-corrected chi connectivity index (χ2v) is 6.13. The van der Waals surface area contributed by atoms with Crippen molar-refractivity contribution in [3.63, 3.8) is 0 Å². The van der Waals surface area contributed by atoms with Crippen molar-refractivity contribution in [1.29, 1.82) is 0 Å². The number of rotatable bonds is 1. The van der Waals surface area contributed by atoms with E-state index in [9.17, 15) is 4.79 Å². The monoisotopic (exact) mass is 296 g/mol. The Morgan fingerprint density at radius 3 is 3.11 bits per heavy atom. The molecule has 3 heterocycles. The number of piperazine rings is 1. The summed E-state index contributed by atoms with van der Waals surface area (Å²) < 4.78 is 0. The molecule has 0 spiro atoms. The molecular weight excluding hydrogens is 284 g/mol. The molecule has 0 aromatic carbocycles. The zero-order valence-corrected chi connectivity index (χ0v) is 12.2. The number of halogens is 1. The molecule has 1 N–H and O–H groups in total. The molecule has 5 nitrogen and oxygen atoms in total. The lowest BCUT2D eigenvalue weighted by atomic mass is 10.2. The molecule has 0 saturated carbocycles. The molecule has 1 amide bonds. The predicted molar refractivity (Wildman–Crippen MR) is 77.0 cm³/mol. The van der Waals surface area contributed by atoms with E-state index in [1.165, 1.54) is 0 Å². The van der Waals surface area contributed by atoms with Crippen molar-refractivity contribution in [2.75, 3.05) is 18.0 Å². The number of thiophene rings is 1. The summed E-state index contributed by atoms with van der Waals surface area (Å²) >= 11 is 7.58. The van der Waals surface area contributed by atoms with Gasteiger partial charge in [0, 0.05) is 18.0 Å². The maximum Gasteiger partial charge on any atom is 0.242 e. The molecule has 0 radical (unpaired) electrons. The van der Waals surface area contributed by atoms with Crippen LogP contribution in [0.5, 0.6) is 0 Å². The summed E-state index contributed by atoms with van der Waals surface area (Å²) in [6, 6.07) is 1.80. The van der Waals surface area contributed by atoms with Crippen molar-refractivity contribution in [2.24, 2.45) is 0 Å². The van der Waals surface area contributed by atoms with Crippen molar-refractivity contribution in [3.8, 4) is 0 Å². The van der Waals surface area contributed by atoms with Crippen molar-refractivity contribution in [1.82, 2.24) is 15.3 Å². The lowest BCUT2D eigenvalue weighted by Crippen LogP contribution is -2.54. The van der Waals surface area contributed by atoms with Gasteiger partial charge in [-0.05, 0) is 31.5 Å². The van der Waals surface area contributed by atoms with Crippen LogP contribution in [0.15, 0.2) is 6.07 Å². The molecule has 0 aliphatic carbocycles. The number of fused-ring (bicyclic) bond motifs is 1. The number of carbonyl (C=O) groups is 1. The van der Waals surface area contributed by atoms with Gasteiger partial charge in [0.2, 0.25) is 11.2 Å². The van der Waals surface area contributed by atoms with Crippen LogP contribution in [-0.4, -0.2) is 35.0 Å². The number of nitrogens with zero attached hydrogens (tertiary/aromatic N) is 3. The van der Waals surface area contributed by atoms with Gasteiger partial charge in [-0.2, -0.15) is 4.98 Å². The molecule has 0 bridgehead atoms. The van der Waals surface area contributed by atoms with Gasteiger partial charge < -0.3 is 10.2 Å². The van der Waals surface area contributed by atoms with E-state index in [0.29, 0.717) is 6.54 Å². The summed E-state index contributed by atoms with van der Waals surface area (Å²) in [5.74, 6) is 0.766. The summed E-state index contributed by atoms with van der Waals surface area (Å²) in [6.45, 7) is 5.24. The Morgan fingerprint density at radius 2 is 2.32 bits per heavy atom. The molecule has 1 unspecified atom stereocenters. The van der Waals surface area contributed by atoms with Crippen LogP contribution in [0.25, 0.3) is 10.2 Å². The zero-order valence-electron chi connectivity index (χ0n) is 10.6. The number of hydrogen-bond acceptors (Lipinski definition) is 5. The molecule has 3 rings (SSSR count).